The second-order valence-electron chi connectivity index (χ2n) is 8.86. The highest BCUT2D eigenvalue weighted by molar-refractivity contribution is 6.30. The zero-order valence-corrected chi connectivity index (χ0v) is 20.8. The average molecular weight is 513 g/mol. The molecule has 2 rings (SSSR count). The quantitative estimate of drug-likeness (QED) is 0.219. The average Bonchev–Trinajstić information content (AvgIpc) is 2.74. The molecule has 0 spiro atoms. The normalized spacial score (nSPS) is 12.6. The van der Waals surface area contributed by atoms with E-state index in [4.69, 9.17) is 18.0 Å². The van der Waals surface area contributed by atoms with Crippen LogP contribution in [0.5, 0.6) is 0 Å². The van der Waals surface area contributed by atoms with Crippen LogP contribution in [0.2, 0.25) is 5.02 Å². The van der Waals surface area contributed by atoms with Crippen molar-refractivity contribution in [2.75, 3.05) is 0 Å². The number of allylic oxidation sites excluding steroid dienone is 4. The van der Waals surface area contributed by atoms with Gasteiger partial charge in [0.1, 0.15) is 11.5 Å². The molecule has 0 saturated heterocycles. The maximum absolute atomic E-state index is 14.8. The van der Waals surface area contributed by atoms with Gasteiger partial charge in [-0.1, -0.05) is 49.1 Å². The first-order valence-electron chi connectivity index (χ1n) is 10.7. The van der Waals surface area contributed by atoms with Gasteiger partial charge in [0.15, 0.2) is 0 Å². The van der Waals surface area contributed by atoms with Crippen molar-refractivity contribution in [2.24, 2.45) is 5.92 Å². The SMILES string of the molecule is C#Cc1cc(Cl)cc(Cc2c(C(F)(F)C(C)(F)F)ncn(C/C(=C/C=C(C)C)C(C)C)c2=O)c1F. The highest BCUT2D eigenvalue weighted by atomic mass is 35.5. The molecule has 188 valence electrons. The summed E-state index contributed by atoms with van der Waals surface area (Å²) in [4.78, 5) is 16.9. The van der Waals surface area contributed by atoms with E-state index in [0.717, 1.165) is 34.2 Å². The molecule has 0 amide bonds. The molecule has 1 heterocycles. The number of alkyl halides is 4. The van der Waals surface area contributed by atoms with Gasteiger partial charge in [0, 0.05) is 30.5 Å². The lowest BCUT2D eigenvalue weighted by atomic mass is 9.97. The Labute approximate surface area is 206 Å². The maximum Gasteiger partial charge on any atom is 0.351 e. The minimum atomic E-state index is -4.79. The van der Waals surface area contributed by atoms with Crippen LogP contribution < -0.4 is 5.56 Å². The Bertz CT molecular complexity index is 1260. The molecule has 0 saturated carbocycles. The minimum Gasteiger partial charge on any atom is -0.295 e. The van der Waals surface area contributed by atoms with Crippen LogP contribution in [0.1, 0.15) is 57.0 Å². The Morgan fingerprint density at radius 2 is 1.86 bits per heavy atom. The fourth-order valence-electron chi connectivity index (χ4n) is 3.25. The monoisotopic (exact) mass is 512 g/mol. The van der Waals surface area contributed by atoms with Crippen molar-refractivity contribution in [1.82, 2.24) is 9.55 Å². The largest absolute Gasteiger partial charge is 0.351 e. The maximum atomic E-state index is 14.8. The van der Waals surface area contributed by atoms with Gasteiger partial charge >= 0.3 is 11.8 Å². The smallest absolute Gasteiger partial charge is 0.295 e. The topological polar surface area (TPSA) is 34.9 Å². The van der Waals surface area contributed by atoms with E-state index in [2.05, 4.69) is 10.9 Å². The summed E-state index contributed by atoms with van der Waals surface area (Å²) in [6, 6.07) is 2.26. The summed E-state index contributed by atoms with van der Waals surface area (Å²) in [5, 5.41) is -0.000512. The number of hydrogen-bond acceptors (Lipinski definition) is 2. The second kappa shape index (κ2) is 10.8. The van der Waals surface area contributed by atoms with Gasteiger partial charge in [-0.15, -0.1) is 6.42 Å². The van der Waals surface area contributed by atoms with Crippen molar-refractivity contribution >= 4 is 11.6 Å². The fraction of sp³-hybridized carbons (Fsp3) is 0.385. The van der Waals surface area contributed by atoms with Gasteiger partial charge in [-0.05, 0) is 43.0 Å². The van der Waals surface area contributed by atoms with Crippen LogP contribution in [0.3, 0.4) is 0 Å². The lowest BCUT2D eigenvalue weighted by Gasteiger charge is -2.25. The van der Waals surface area contributed by atoms with Crippen LogP contribution in [0.4, 0.5) is 22.0 Å². The molecule has 1 aromatic carbocycles. The standard InChI is InChI=1S/C26H26ClF5N2O/c1-7-17-10-20(27)11-19(22(17)28)12-21-23(26(31,32)25(6,29)30)33-14-34(24(21)35)13-18(16(4)5)9-8-15(2)3/h1,8-11,14,16H,12-13H2,2-6H3/b18-9-. The van der Waals surface area contributed by atoms with Crippen LogP contribution >= 0.6 is 11.6 Å². The predicted molar refractivity (Wildman–Crippen MR) is 128 cm³/mol. The van der Waals surface area contributed by atoms with Crippen LogP contribution in [-0.2, 0) is 18.9 Å². The molecule has 0 aliphatic rings. The Kier molecular flexibility index (Phi) is 8.72. The van der Waals surface area contributed by atoms with Gasteiger partial charge in [0.25, 0.3) is 5.56 Å². The summed E-state index contributed by atoms with van der Waals surface area (Å²) in [6.07, 6.45) is 8.94. The first-order chi connectivity index (χ1) is 16.1. The highest BCUT2D eigenvalue weighted by Crippen LogP contribution is 2.42. The minimum absolute atomic E-state index is 0.000512. The van der Waals surface area contributed by atoms with Gasteiger partial charge in [-0.25, -0.2) is 9.37 Å². The van der Waals surface area contributed by atoms with Gasteiger partial charge in [0.2, 0.25) is 0 Å². The van der Waals surface area contributed by atoms with Crippen molar-refractivity contribution in [3.8, 4) is 12.3 Å². The Morgan fingerprint density at radius 3 is 2.37 bits per heavy atom. The molecule has 0 bridgehead atoms. The van der Waals surface area contributed by atoms with E-state index in [1.165, 1.54) is 0 Å². The zero-order chi connectivity index (χ0) is 26.7. The van der Waals surface area contributed by atoms with E-state index in [9.17, 15) is 26.7 Å². The molecule has 35 heavy (non-hydrogen) atoms. The van der Waals surface area contributed by atoms with E-state index in [1.807, 2.05) is 33.8 Å². The Morgan fingerprint density at radius 1 is 1.23 bits per heavy atom. The summed E-state index contributed by atoms with van der Waals surface area (Å²) in [7, 11) is 0. The molecule has 3 nitrogen and oxygen atoms in total. The lowest BCUT2D eigenvalue weighted by molar-refractivity contribution is -0.207. The Balaban J connectivity index is 2.78. The van der Waals surface area contributed by atoms with Crippen molar-refractivity contribution < 1.29 is 22.0 Å². The van der Waals surface area contributed by atoms with Crippen LogP contribution in [0.15, 0.2) is 46.6 Å². The molecule has 1 aromatic heterocycles. The van der Waals surface area contributed by atoms with Crippen LogP contribution in [0, 0.1) is 24.1 Å². The molecular formula is C26H26ClF5N2O. The number of benzene rings is 1. The van der Waals surface area contributed by atoms with E-state index in [-0.39, 0.29) is 35.5 Å². The van der Waals surface area contributed by atoms with Gasteiger partial charge in [-0.2, -0.15) is 17.6 Å². The summed E-state index contributed by atoms with van der Waals surface area (Å²) >= 11 is 5.96. The van der Waals surface area contributed by atoms with Crippen molar-refractivity contribution in [1.29, 1.82) is 0 Å². The number of terminal acetylenes is 1. The first-order valence-corrected chi connectivity index (χ1v) is 11.1. The second-order valence-corrected chi connectivity index (χ2v) is 9.29. The first kappa shape index (κ1) is 28.3. The van der Waals surface area contributed by atoms with E-state index in [0.29, 0.717) is 0 Å². The lowest BCUT2D eigenvalue weighted by Crippen LogP contribution is -2.40. The van der Waals surface area contributed by atoms with Crippen LogP contribution in [-0.4, -0.2) is 15.5 Å². The summed E-state index contributed by atoms with van der Waals surface area (Å²) in [5.41, 5.74) is -1.97. The highest BCUT2D eigenvalue weighted by Gasteiger charge is 2.56. The third kappa shape index (κ3) is 6.40. The van der Waals surface area contributed by atoms with Crippen molar-refractivity contribution in [3.63, 3.8) is 0 Å². The molecule has 9 heteroatoms. The number of rotatable bonds is 8. The molecule has 0 radical (unpaired) electrons. The molecule has 0 atom stereocenters. The van der Waals surface area contributed by atoms with E-state index in [1.54, 1.807) is 6.08 Å². The third-order valence-electron chi connectivity index (χ3n) is 5.34. The summed E-state index contributed by atoms with van der Waals surface area (Å²) in [5.74, 6) is -8.22. The summed E-state index contributed by atoms with van der Waals surface area (Å²) < 4.78 is 73.1. The molecule has 0 fully saturated rings. The number of nitrogens with zero attached hydrogens (tertiary/aromatic N) is 2. The number of hydrogen-bond donors (Lipinski definition) is 0. The van der Waals surface area contributed by atoms with Crippen LogP contribution in [0.25, 0.3) is 0 Å². The van der Waals surface area contributed by atoms with E-state index >= 15 is 0 Å². The van der Waals surface area contributed by atoms with Gasteiger partial charge < -0.3 is 0 Å². The zero-order valence-electron chi connectivity index (χ0n) is 20.0. The predicted octanol–water partition coefficient (Wildman–Crippen LogP) is 6.90. The molecule has 0 aliphatic heterocycles. The fourth-order valence-corrected chi connectivity index (χ4v) is 3.49. The molecular weight excluding hydrogens is 487 g/mol. The van der Waals surface area contributed by atoms with Crippen molar-refractivity contribution in [2.45, 2.75) is 59.4 Å². The van der Waals surface area contributed by atoms with E-state index < -0.39 is 40.9 Å². The number of halogens is 6. The molecule has 0 unspecified atom stereocenters. The third-order valence-corrected chi connectivity index (χ3v) is 5.56. The summed E-state index contributed by atoms with van der Waals surface area (Å²) in [6.45, 7) is 7.53. The number of aromatic nitrogens is 2. The van der Waals surface area contributed by atoms with Gasteiger partial charge in [-0.3, -0.25) is 9.36 Å². The molecule has 2 aromatic rings. The molecule has 0 aliphatic carbocycles. The van der Waals surface area contributed by atoms with Crippen molar-refractivity contribution in [3.05, 3.63) is 85.3 Å². The van der Waals surface area contributed by atoms with Gasteiger partial charge in [0.05, 0.1) is 11.9 Å². The Hall–Kier alpha value is -2.92. The molecule has 0 N–H and O–H groups in total.